The normalized spacial score (nSPS) is 12.2. The molecule has 1 heterocycles. The Balaban J connectivity index is 0.000000454. The first-order valence-corrected chi connectivity index (χ1v) is 15.8. The number of aromatic nitrogens is 1. The highest BCUT2D eigenvalue weighted by Gasteiger charge is 2.31. The van der Waals surface area contributed by atoms with E-state index < -0.39 is 12.1 Å². The van der Waals surface area contributed by atoms with Gasteiger partial charge in [-0.05, 0) is 75.7 Å². The van der Waals surface area contributed by atoms with Crippen molar-refractivity contribution < 1.29 is 41.0 Å². The Morgan fingerprint density at radius 2 is 1.73 bits per heavy atom. The van der Waals surface area contributed by atoms with E-state index in [1.165, 1.54) is 13.2 Å². The van der Waals surface area contributed by atoms with Crippen molar-refractivity contribution in [2.45, 2.75) is 58.2 Å². The van der Waals surface area contributed by atoms with Crippen molar-refractivity contribution in [3.63, 3.8) is 0 Å². The summed E-state index contributed by atoms with van der Waals surface area (Å²) >= 11 is 0. The van der Waals surface area contributed by atoms with Gasteiger partial charge in [0.1, 0.15) is 23.5 Å². The minimum atomic E-state index is -4.00. The third kappa shape index (κ3) is 15.2. The Bertz CT molecular complexity index is 1610. The van der Waals surface area contributed by atoms with Crippen molar-refractivity contribution in [2.75, 3.05) is 45.4 Å². The van der Waals surface area contributed by atoms with E-state index >= 15 is 0 Å². The molecule has 0 bridgehead atoms. The molecule has 4 rings (SSSR count). The molecule has 1 fully saturated rings. The number of amides is 1. The largest absolute Gasteiger partial charge is 0.495 e. The average Bonchev–Trinajstić information content (AvgIpc) is 3.92. The van der Waals surface area contributed by atoms with Crippen LogP contribution in [-0.2, 0) is 17.1 Å². The fourth-order valence-electron chi connectivity index (χ4n) is 4.35. The van der Waals surface area contributed by atoms with Crippen LogP contribution in [0, 0.1) is 6.92 Å². The maximum absolute atomic E-state index is 14.4. The Morgan fingerprint density at radius 1 is 1.10 bits per heavy atom. The summed E-state index contributed by atoms with van der Waals surface area (Å²) in [5, 5.41) is 5.91. The number of aliphatic imine (C=N–C) groups is 1. The zero-order chi connectivity index (χ0) is 38.8. The summed E-state index contributed by atoms with van der Waals surface area (Å²) < 4.78 is 70.7. The van der Waals surface area contributed by atoms with Crippen LogP contribution in [0.15, 0.2) is 54.0 Å². The van der Waals surface area contributed by atoms with Crippen molar-refractivity contribution in [3.05, 3.63) is 77.0 Å². The molecule has 51 heavy (non-hydrogen) atoms. The second-order valence-corrected chi connectivity index (χ2v) is 11.0. The number of halogens is 5. The molecule has 0 radical (unpaired) electrons. The van der Waals surface area contributed by atoms with E-state index in [0.29, 0.717) is 58.4 Å². The SMILES string of the molecule is C=CC(F)(F)c1cc(-c2nc(CCNC)cc(C)c2OCC)ccc1NC.CC(F)(F)F.COc1cc(C=O)cc(C=NC2CC2)c1N.NC=O. The van der Waals surface area contributed by atoms with Gasteiger partial charge in [-0.15, -0.1) is 0 Å². The van der Waals surface area contributed by atoms with Crippen LogP contribution in [0.3, 0.4) is 0 Å². The number of nitrogen functional groups attached to an aromatic ring is 1. The number of likely N-dealkylation sites (N-methyl/N-ethyl adjacent to an activating group) is 1. The second kappa shape index (κ2) is 21.2. The first kappa shape index (κ1) is 44.0. The number of allylic oxidation sites excluding steroid dienone is 1. The monoisotopic (exact) mass is 722 g/mol. The minimum absolute atomic E-state index is 0.139. The summed E-state index contributed by atoms with van der Waals surface area (Å²) in [5.41, 5.74) is 15.1. The molecule has 1 saturated carbocycles. The van der Waals surface area contributed by atoms with Crippen LogP contribution in [0.2, 0.25) is 0 Å². The Kier molecular flexibility index (Phi) is 18.3. The zero-order valence-electron chi connectivity index (χ0n) is 29.7. The van der Waals surface area contributed by atoms with Gasteiger partial charge in [-0.2, -0.15) is 22.0 Å². The van der Waals surface area contributed by atoms with Gasteiger partial charge in [0.25, 0.3) is 5.92 Å². The van der Waals surface area contributed by atoms with Crippen molar-refractivity contribution in [2.24, 2.45) is 10.7 Å². The molecule has 2 aromatic carbocycles. The lowest BCUT2D eigenvalue weighted by Crippen LogP contribution is -2.13. The standard InChI is InChI=1S/C21H27F2N3O.C12H14N2O2.C2H3F3.CH3NO/c1-6-21(22,23)17-13-15(8-9-18(17)25-5)19-20(27-7-2)14(3)12-16(26-19)10-11-24-4;1-16-11-5-8(7-15)4-9(12(11)13)6-14-10-2-3-10;1-2(3,4)5;2-1-3/h6,8-9,12-13,24-25H,1,7,10-11H2,2-5H3;4-7,10H,2-3,13H2,1H3;1H3;1H,(H2,2,3). The molecule has 15 heteroatoms. The number of carbonyl (C=O) groups excluding carboxylic acids is 2. The van der Waals surface area contributed by atoms with E-state index in [9.17, 15) is 26.7 Å². The van der Waals surface area contributed by atoms with Gasteiger partial charge in [0.05, 0.1) is 25.4 Å². The number of pyridine rings is 1. The molecule has 1 aliphatic carbocycles. The number of hydrogen-bond acceptors (Lipinski definition) is 9. The van der Waals surface area contributed by atoms with Crippen molar-refractivity contribution >= 4 is 30.3 Å². The molecule has 1 amide bonds. The second-order valence-electron chi connectivity index (χ2n) is 11.0. The zero-order valence-corrected chi connectivity index (χ0v) is 29.7. The van der Waals surface area contributed by atoms with Gasteiger partial charge in [0.2, 0.25) is 6.41 Å². The molecule has 6 N–H and O–H groups in total. The van der Waals surface area contributed by atoms with E-state index in [1.54, 1.807) is 37.5 Å². The van der Waals surface area contributed by atoms with Gasteiger partial charge in [-0.3, -0.25) is 14.6 Å². The summed E-state index contributed by atoms with van der Waals surface area (Å²) in [6.45, 7) is 8.54. The molecule has 0 spiro atoms. The van der Waals surface area contributed by atoms with Gasteiger partial charge in [-0.1, -0.05) is 12.6 Å². The van der Waals surface area contributed by atoms with Crippen molar-refractivity contribution in [1.29, 1.82) is 0 Å². The highest BCUT2D eigenvalue weighted by Crippen LogP contribution is 2.39. The number of nitrogens with one attached hydrogen (secondary N) is 2. The third-order valence-corrected chi connectivity index (χ3v) is 6.83. The number of alkyl halides is 5. The third-order valence-electron chi connectivity index (χ3n) is 6.83. The summed E-state index contributed by atoms with van der Waals surface area (Å²) in [4.78, 5) is 28.4. The van der Waals surface area contributed by atoms with Crippen LogP contribution < -0.4 is 31.6 Å². The van der Waals surface area contributed by atoms with Crippen LogP contribution >= 0.6 is 0 Å². The van der Waals surface area contributed by atoms with Crippen LogP contribution in [-0.4, -0.2) is 70.5 Å². The lowest BCUT2D eigenvalue weighted by atomic mass is 9.99. The highest BCUT2D eigenvalue weighted by atomic mass is 19.4. The molecule has 280 valence electrons. The molecule has 3 aromatic rings. The lowest BCUT2D eigenvalue weighted by molar-refractivity contribution is -0.110. The molecule has 1 aromatic heterocycles. The lowest BCUT2D eigenvalue weighted by Gasteiger charge is -2.19. The first-order chi connectivity index (χ1) is 24.0. The number of ether oxygens (including phenoxy) is 2. The van der Waals surface area contributed by atoms with E-state index in [4.69, 9.17) is 25.0 Å². The number of nitrogens with two attached hydrogens (primary N) is 2. The van der Waals surface area contributed by atoms with Crippen molar-refractivity contribution in [1.82, 2.24) is 10.3 Å². The number of aryl methyl sites for hydroxylation is 1. The smallest absolute Gasteiger partial charge is 0.386 e. The van der Waals surface area contributed by atoms with E-state index in [-0.39, 0.29) is 18.9 Å². The number of hydrogen-bond donors (Lipinski definition) is 4. The maximum atomic E-state index is 14.4. The molecule has 10 nitrogen and oxygen atoms in total. The molecule has 0 aliphatic heterocycles. The number of methoxy groups -OCH3 is 1. The molecule has 0 atom stereocenters. The minimum Gasteiger partial charge on any atom is -0.495 e. The number of aldehydes is 1. The van der Waals surface area contributed by atoms with Gasteiger partial charge in [-0.25, -0.2) is 4.98 Å². The number of nitrogens with zero attached hydrogens (tertiary/aromatic N) is 2. The van der Waals surface area contributed by atoms with Gasteiger partial charge in [0.15, 0.2) is 0 Å². The molecule has 1 aliphatic rings. The molecular weight excluding hydrogens is 675 g/mol. The van der Waals surface area contributed by atoms with Crippen LogP contribution in [0.5, 0.6) is 11.5 Å². The Morgan fingerprint density at radius 3 is 2.22 bits per heavy atom. The maximum Gasteiger partial charge on any atom is 0.386 e. The van der Waals surface area contributed by atoms with Gasteiger partial charge < -0.3 is 31.6 Å². The summed E-state index contributed by atoms with van der Waals surface area (Å²) in [6, 6.07) is 10.6. The van der Waals surface area contributed by atoms with Gasteiger partial charge in [0, 0.05) is 66.8 Å². The van der Waals surface area contributed by atoms with Gasteiger partial charge >= 0.3 is 6.18 Å². The predicted octanol–water partition coefficient (Wildman–Crippen LogP) is 6.88. The highest BCUT2D eigenvalue weighted by molar-refractivity contribution is 5.92. The fourth-order valence-corrected chi connectivity index (χ4v) is 4.35. The van der Waals surface area contributed by atoms with E-state index in [1.807, 2.05) is 27.0 Å². The summed E-state index contributed by atoms with van der Waals surface area (Å²) in [7, 11) is 5.02. The Hall–Kier alpha value is -5.05. The number of carbonyl (C=O) groups is 2. The molecular formula is C36H47F5N6O4. The number of anilines is 2. The van der Waals surface area contributed by atoms with E-state index in [0.717, 1.165) is 48.9 Å². The predicted molar refractivity (Wildman–Crippen MR) is 192 cm³/mol. The quantitative estimate of drug-likeness (QED) is 0.0490. The van der Waals surface area contributed by atoms with Crippen molar-refractivity contribution in [3.8, 4) is 22.8 Å². The Labute approximate surface area is 295 Å². The fraction of sp³-hybridized carbons (Fsp3) is 0.389. The molecule has 0 saturated heterocycles. The van der Waals surface area contributed by atoms with Crippen LogP contribution in [0.1, 0.15) is 59.4 Å². The van der Waals surface area contributed by atoms with Crippen LogP contribution in [0.4, 0.5) is 33.3 Å². The molecule has 0 unspecified atom stereocenters. The number of benzene rings is 2. The summed E-state index contributed by atoms with van der Waals surface area (Å²) in [5.74, 6) is -2.02. The first-order valence-electron chi connectivity index (χ1n) is 15.8. The van der Waals surface area contributed by atoms with Crippen LogP contribution in [0.25, 0.3) is 11.3 Å². The topological polar surface area (TPSA) is 154 Å². The average molecular weight is 723 g/mol. The summed E-state index contributed by atoms with van der Waals surface area (Å²) in [6.07, 6.45) is 2.42. The number of rotatable bonds is 13. The van der Waals surface area contributed by atoms with E-state index in [2.05, 4.69) is 27.9 Å². The number of primary amides is 1.